The quantitative estimate of drug-likeness (QED) is 0.427. The van der Waals surface area contributed by atoms with Gasteiger partial charge in [0.1, 0.15) is 0 Å². The van der Waals surface area contributed by atoms with Gasteiger partial charge >= 0.3 is 0 Å². The zero-order valence-electron chi connectivity index (χ0n) is 18.5. The van der Waals surface area contributed by atoms with Crippen LogP contribution in [0.2, 0.25) is 5.04 Å². The normalized spacial score (nSPS) is 14.6. The van der Waals surface area contributed by atoms with Gasteiger partial charge in [0.05, 0.1) is 18.8 Å². The number of rotatable bonds is 11. The van der Waals surface area contributed by atoms with Crippen LogP contribution in [0, 0.1) is 0 Å². The highest BCUT2D eigenvalue weighted by molar-refractivity contribution is 6.99. The molecule has 0 aliphatic carbocycles. The molecular weight excluding hydrogens is 376 g/mol. The summed E-state index contributed by atoms with van der Waals surface area (Å²) in [6.45, 7) is 9.07. The Balaban J connectivity index is 2.25. The monoisotopic (exact) mass is 414 g/mol. The summed E-state index contributed by atoms with van der Waals surface area (Å²) < 4.78 is 6.73. The first-order chi connectivity index (χ1) is 13.8. The van der Waals surface area contributed by atoms with E-state index in [2.05, 4.69) is 76.2 Å². The van der Waals surface area contributed by atoms with E-state index in [1.54, 1.807) is 0 Å². The van der Waals surface area contributed by atoms with Gasteiger partial charge in [-0.2, -0.15) is 0 Å². The predicted molar refractivity (Wildman–Crippen MR) is 124 cm³/mol. The van der Waals surface area contributed by atoms with Crippen molar-refractivity contribution in [1.29, 1.82) is 0 Å². The van der Waals surface area contributed by atoms with Crippen LogP contribution in [0.3, 0.4) is 0 Å². The number of aliphatic hydroxyl groups is 2. The number of hydrogen-bond donors (Lipinski definition) is 2. The van der Waals surface area contributed by atoms with E-state index >= 15 is 0 Å². The molecular formula is C25H38O3Si. The number of benzene rings is 2. The molecule has 0 aliphatic heterocycles. The Kier molecular flexibility index (Phi) is 9.09. The average molecular weight is 415 g/mol. The largest absolute Gasteiger partial charge is 0.405 e. The summed E-state index contributed by atoms with van der Waals surface area (Å²) in [7, 11) is -2.64. The van der Waals surface area contributed by atoms with Crippen molar-refractivity contribution in [2.45, 2.75) is 77.0 Å². The third kappa shape index (κ3) is 6.26. The Morgan fingerprint density at radius 3 is 1.79 bits per heavy atom. The van der Waals surface area contributed by atoms with Crippen LogP contribution in [-0.4, -0.2) is 37.3 Å². The minimum atomic E-state index is -2.64. The first kappa shape index (κ1) is 23.8. The van der Waals surface area contributed by atoms with Crippen LogP contribution in [0.4, 0.5) is 0 Å². The fraction of sp³-hybridized carbons (Fsp3) is 0.520. The van der Waals surface area contributed by atoms with Crippen molar-refractivity contribution < 1.29 is 14.6 Å². The summed E-state index contributed by atoms with van der Waals surface area (Å²) in [5.74, 6) is 0. The lowest BCUT2D eigenvalue weighted by molar-refractivity contribution is 0.0423. The van der Waals surface area contributed by atoms with Gasteiger partial charge in [0, 0.05) is 6.42 Å². The maximum absolute atomic E-state index is 10.6. The lowest BCUT2D eigenvalue weighted by Crippen LogP contribution is -2.67. The van der Waals surface area contributed by atoms with Gasteiger partial charge < -0.3 is 14.6 Å². The van der Waals surface area contributed by atoms with Crippen molar-refractivity contribution in [2.24, 2.45) is 0 Å². The summed E-state index contributed by atoms with van der Waals surface area (Å²) in [6, 6.07) is 20.9. The van der Waals surface area contributed by atoms with E-state index in [-0.39, 0.29) is 11.6 Å². The summed E-state index contributed by atoms with van der Waals surface area (Å²) >= 11 is 0. The fourth-order valence-corrected chi connectivity index (χ4v) is 8.71. The molecule has 0 fully saturated rings. The van der Waals surface area contributed by atoms with Gasteiger partial charge in [0.25, 0.3) is 8.32 Å². The minimum absolute atomic E-state index is 0.116. The second-order valence-electron chi connectivity index (χ2n) is 9.01. The summed E-state index contributed by atoms with van der Waals surface area (Å²) in [6.07, 6.45) is 3.21. The molecule has 2 aromatic carbocycles. The van der Waals surface area contributed by atoms with Gasteiger partial charge in [-0.1, -0.05) is 108 Å². The smallest absolute Gasteiger partial charge is 0.261 e. The van der Waals surface area contributed by atoms with Crippen LogP contribution < -0.4 is 10.4 Å². The van der Waals surface area contributed by atoms with E-state index in [4.69, 9.17) is 4.43 Å². The second kappa shape index (κ2) is 11.1. The molecule has 29 heavy (non-hydrogen) atoms. The highest BCUT2D eigenvalue weighted by Gasteiger charge is 2.50. The van der Waals surface area contributed by atoms with E-state index < -0.39 is 20.5 Å². The molecule has 4 heteroatoms. The lowest BCUT2D eigenvalue weighted by Gasteiger charge is -2.43. The first-order valence-corrected chi connectivity index (χ1v) is 12.8. The Labute approximate surface area is 177 Å². The van der Waals surface area contributed by atoms with Gasteiger partial charge in [-0.3, -0.25) is 0 Å². The second-order valence-corrected chi connectivity index (χ2v) is 13.3. The van der Waals surface area contributed by atoms with Gasteiger partial charge in [-0.25, -0.2) is 0 Å². The number of aliphatic hydroxyl groups excluding tert-OH is 2. The Bertz CT molecular complexity index is 658. The van der Waals surface area contributed by atoms with E-state index in [9.17, 15) is 10.2 Å². The maximum atomic E-state index is 10.6. The summed E-state index contributed by atoms with van der Waals surface area (Å²) in [5.41, 5.74) is 0. The maximum Gasteiger partial charge on any atom is 0.261 e. The minimum Gasteiger partial charge on any atom is -0.405 e. The van der Waals surface area contributed by atoms with E-state index in [1.807, 2.05) is 12.1 Å². The van der Waals surface area contributed by atoms with Gasteiger partial charge in [-0.05, 0) is 21.8 Å². The molecule has 2 aromatic rings. The number of unbranched alkanes of at least 4 members (excludes halogenated alkanes) is 2. The average Bonchev–Trinajstić information content (AvgIpc) is 2.69. The van der Waals surface area contributed by atoms with Gasteiger partial charge in [0.15, 0.2) is 0 Å². The molecule has 0 spiro atoms. The van der Waals surface area contributed by atoms with Crippen LogP contribution in [0.1, 0.15) is 59.8 Å². The van der Waals surface area contributed by atoms with E-state index in [1.165, 1.54) is 10.4 Å². The van der Waals surface area contributed by atoms with Gasteiger partial charge in [-0.15, -0.1) is 0 Å². The Morgan fingerprint density at radius 1 is 0.828 bits per heavy atom. The van der Waals surface area contributed by atoms with Crippen LogP contribution in [0.25, 0.3) is 0 Å². The molecule has 0 saturated carbocycles. The molecule has 3 nitrogen and oxygen atoms in total. The fourth-order valence-electron chi connectivity index (χ4n) is 4.11. The highest BCUT2D eigenvalue weighted by Crippen LogP contribution is 2.36. The van der Waals surface area contributed by atoms with Crippen LogP contribution in [0.5, 0.6) is 0 Å². The van der Waals surface area contributed by atoms with Crippen LogP contribution in [-0.2, 0) is 4.43 Å². The van der Waals surface area contributed by atoms with Crippen LogP contribution in [0.15, 0.2) is 60.7 Å². The molecule has 0 saturated heterocycles. The zero-order chi connectivity index (χ0) is 21.3. The summed E-state index contributed by atoms with van der Waals surface area (Å²) in [5, 5.41) is 23.2. The van der Waals surface area contributed by atoms with E-state index in [0.717, 1.165) is 25.7 Å². The molecule has 160 valence electrons. The Morgan fingerprint density at radius 2 is 1.34 bits per heavy atom. The van der Waals surface area contributed by atoms with Gasteiger partial charge in [0.2, 0.25) is 0 Å². The van der Waals surface area contributed by atoms with Crippen molar-refractivity contribution in [1.82, 2.24) is 0 Å². The lowest BCUT2D eigenvalue weighted by atomic mass is 10.1. The Hall–Kier alpha value is -1.46. The highest BCUT2D eigenvalue weighted by atomic mass is 28.4. The topological polar surface area (TPSA) is 49.7 Å². The molecule has 0 aromatic heterocycles. The SMILES string of the molecule is CCCCC[C@@H](O)C[C@@H](O)CO[Si](c1ccccc1)(c1ccccc1)C(C)(C)C. The molecule has 2 atom stereocenters. The van der Waals surface area contributed by atoms with E-state index in [0.29, 0.717) is 6.42 Å². The zero-order valence-corrected chi connectivity index (χ0v) is 19.5. The van der Waals surface area contributed by atoms with Crippen molar-refractivity contribution in [3.63, 3.8) is 0 Å². The predicted octanol–water partition coefficient (Wildman–Crippen LogP) is 4.26. The molecule has 2 N–H and O–H groups in total. The molecule has 0 aliphatic rings. The van der Waals surface area contributed by atoms with Crippen molar-refractivity contribution >= 4 is 18.7 Å². The standard InChI is InChI=1S/C25H38O3Si/c1-5-6-9-14-21(26)19-22(27)20-28-29(25(2,3)4,23-15-10-7-11-16-23)24-17-12-8-13-18-24/h7-8,10-13,15-18,21-22,26-27H,5-6,9,14,19-20H2,1-4H3/t21-,22-/m1/s1. The molecule has 0 unspecified atom stereocenters. The van der Waals surface area contributed by atoms with Crippen molar-refractivity contribution in [2.75, 3.05) is 6.61 Å². The number of hydrogen-bond acceptors (Lipinski definition) is 3. The third-order valence-corrected chi connectivity index (χ3v) is 10.6. The molecule has 2 rings (SSSR count). The first-order valence-electron chi connectivity index (χ1n) is 10.9. The van der Waals surface area contributed by atoms with Crippen molar-refractivity contribution in [3.8, 4) is 0 Å². The van der Waals surface area contributed by atoms with Crippen LogP contribution >= 0.6 is 0 Å². The molecule has 0 radical (unpaired) electrons. The molecule has 0 heterocycles. The molecule has 0 amide bonds. The summed E-state index contributed by atoms with van der Waals surface area (Å²) in [4.78, 5) is 0. The van der Waals surface area contributed by atoms with Crippen molar-refractivity contribution in [3.05, 3.63) is 60.7 Å². The molecule has 0 bridgehead atoms. The third-order valence-electron chi connectivity index (χ3n) is 5.59.